The molecule has 0 aliphatic carbocycles. The molecule has 0 unspecified atom stereocenters. The fourth-order valence-corrected chi connectivity index (χ4v) is 0.854. The number of hydrogen-bond acceptors (Lipinski definition) is 0. The van der Waals surface area contributed by atoms with E-state index >= 15 is 0 Å². The average Bonchev–Trinajstić information content (AvgIpc) is 1.69. The van der Waals surface area contributed by atoms with E-state index in [1.807, 2.05) is 0 Å². The van der Waals surface area contributed by atoms with E-state index in [2.05, 4.69) is 27.4 Å². The topological polar surface area (TPSA) is 4.44 Å². The minimum absolute atomic E-state index is 1.16. The lowest BCUT2D eigenvalue weighted by Gasteiger charge is -2.12. The van der Waals surface area contributed by atoms with Gasteiger partial charge in [-0.1, -0.05) is 0 Å². The van der Waals surface area contributed by atoms with Gasteiger partial charge in [-0.2, -0.15) is 0 Å². The molecule has 0 aliphatic rings. The average molecular weight is 114 g/mol. The van der Waals surface area contributed by atoms with Crippen LogP contribution in [-0.2, 0) is 0 Å². The Hall–Kier alpha value is -0.300. The molecule has 1 nitrogen and oxygen atoms in total. The van der Waals surface area contributed by atoms with Crippen LogP contribution >= 0.6 is 0 Å². The smallest absolute Gasteiger partial charge is 0.0967 e. The molecule has 0 aromatic heterocycles. The standard InChI is InChI=1S/C7H15N/c1-5-8(6-2)7(3)4/h3,5-6H2,1-2,4H3/p+1. The van der Waals surface area contributed by atoms with Crippen LogP contribution < -0.4 is 4.90 Å². The van der Waals surface area contributed by atoms with Crippen LogP contribution in [0.5, 0.6) is 0 Å². The molecule has 0 fully saturated rings. The van der Waals surface area contributed by atoms with Gasteiger partial charge in [0.25, 0.3) is 0 Å². The molecule has 0 radical (unpaired) electrons. The predicted octanol–water partition coefficient (Wildman–Crippen LogP) is 0.445. The van der Waals surface area contributed by atoms with Gasteiger partial charge in [-0.15, -0.1) is 0 Å². The van der Waals surface area contributed by atoms with Gasteiger partial charge in [0.1, 0.15) is 0 Å². The summed E-state index contributed by atoms with van der Waals surface area (Å²) in [6.45, 7) is 12.6. The third-order valence-electron chi connectivity index (χ3n) is 1.46. The highest BCUT2D eigenvalue weighted by Gasteiger charge is 1.99. The molecule has 0 rings (SSSR count). The Balaban J connectivity index is 3.52. The van der Waals surface area contributed by atoms with Gasteiger partial charge in [0.2, 0.25) is 0 Å². The number of rotatable bonds is 3. The molecule has 8 heavy (non-hydrogen) atoms. The van der Waals surface area contributed by atoms with Crippen molar-refractivity contribution in [2.24, 2.45) is 0 Å². The van der Waals surface area contributed by atoms with E-state index in [4.69, 9.17) is 0 Å². The van der Waals surface area contributed by atoms with Crippen molar-refractivity contribution in [3.63, 3.8) is 0 Å². The first-order chi connectivity index (χ1) is 3.72. The summed E-state index contributed by atoms with van der Waals surface area (Å²) in [6.07, 6.45) is 0. The van der Waals surface area contributed by atoms with Crippen molar-refractivity contribution < 1.29 is 4.90 Å². The summed E-state index contributed by atoms with van der Waals surface area (Å²) in [5.74, 6) is 0. The summed E-state index contributed by atoms with van der Waals surface area (Å²) < 4.78 is 0. The first-order valence-electron chi connectivity index (χ1n) is 3.22. The number of nitrogens with one attached hydrogen (secondary N) is 1. The lowest BCUT2D eigenvalue weighted by molar-refractivity contribution is -0.856. The van der Waals surface area contributed by atoms with E-state index in [-0.39, 0.29) is 0 Å². The molecule has 0 heterocycles. The van der Waals surface area contributed by atoms with Gasteiger partial charge in [-0.05, 0) is 20.4 Å². The molecule has 48 valence electrons. The molecule has 0 saturated heterocycles. The second kappa shape index (κ2) is 3.67. The summed E-state index contributed by atoms with van der Waals surface area (Å²) in [5, 5.41) is 0. The molecule has 0 bridgehead atoms. The van der Waals surface area contributed by atoms with E-state index in [9.17, 15) is 0 Å². The maximum absolute atomic E-state index is 3.86. The number of hydrogen-bond donors (Lipinski definition) is 1. The summed E-state index contributed by atoms with van der Waals surface area (Å²) >= 11 is 0. The van der Waals surface area contributed by atoms with E-state index in [1.165, 1.54) is 10.6 Å². The Bertz CT molecular complexity index is 72.5. The van der Waals surface area contributed by atoms with Crippen LogP contribution in [0.2, 0.25) is 0 Å². The molecule has 0 spiro atoms. The highest BCUT2D eigenvalue weighted by atomic mass is 15.1. The van der Waals surface area contributed by atoms with Gasteiger partial charge >= 0.3 is 0 Å². The van der Waals surface area contributed by atoms with Gasteiger partial charge in [-0.25, -0.2) is 0 Å². The molecular formula is C7H16N+. The lowest BCUT2D eigenvalue weighted by Crippen LogP contribution is -3.09. The van der Waals surface area contributed by atoms with Crippen LogP contribution in [0.4, 0.5) is 0 Å². The van der Waals surface area contributed by atoms with Crippen LogP contribution in [-0.4, -0.2) is 13.1 Å². The fourth-order valence-electron chi connectivity index (χ4n) is 0.854. The lowest BCUT2D eigenvalue weighted by atomic mass is 10.4. The Morgan fingerprint density at radius 1 is 1.38 bits per heavy atom. The molecule has 1 N–H and O–H groups in total. The van der Waals surface area contributed by atoms with Crippen molar-refractivity contribution in [2.75, 3.05) is 13.1 Å². The molecular weight excluding hydrogens is 98.1 g/mol. The van der Waals surface area contributed by atoms with Crippen LogP contribution in [0.25, 0.3) is 0 Å². The van der Waals surface area contributed by atoms with Gasteiger partial charge in [-0.3, -0.25) is 0 Å². The van der Waals surface area contributed by atoms with Gasteiger partial charge in [0.15, 0.2) is 0 Å². The zero-order valence-electron chi connectivity index (χ0n) is 6.12. The monoisotopic (exact) mass is 114 g/mol. The third kappa shape index (κ3) is 2.12. The largest absolute Gasteiger partial charge is 0.307 e. The molecule has 0 atom stereocenters. The van der Waals surface area contributed by atoms with Crippen molar-refractivity contribution >= 4 is 0 Å². The molecule has 0 amide bonds. The Morgan fingerprint density at radius 3 is 1.75 bits per heavy atom. The summed E-state index contributed by atoms with van der Waals surface area (Å²) in [5.41, 5.74) is 1.25. The zero-order valence-corrected chi connectivity index (χ0v) is 6.12. The first kappa shape index (κ1) is 7.70. The van der Waals surface area contributed by atoms with E-state index in [0.717, 1.165) is 13.1 Å². The molecule has 0 aromatic rings. The Kier molecular flexibility index (Phi) is 3.53. The molecule has 0 aliphatic heterocycles. The Morgan fingerprint density at radius 2 is 1.75 bits per heavy atom. The van der Waals surface area contributed by atoms with Gasteiger partial charge in [0, 0.05) is 6.92 Å². The minimum atomic E-state index is 1.16. The maximum Gasteiger partial charge on any atom is 0.0967 e. The second-order valence-corrected chi connectivity index (χ2v) is 2.09. The van der Waals surface area contributed by atoms with E-state index in [1.54, 1.807) is 0 Å². The van der Waals surface area contributed by atoms with Crippen molar-refractivity contribution in [3.05, 3.63) is 12.3 Å². The second-order valence-electron chi connectivity index (χ2n) is 2.09. The highest BCUT2D eigenvalue weighted by molar-refractivity contribution is 4.69. The Labute approximate surface area is 52.0 Å². The maximum atomic E-state index is 3.86. The first-order valence-corrected chi connectivity index (χ1v) is 3.22. The third-order valence-corrected chi connectivity index (χ3v) is 1.46. The minimum Gasteiger partial charge on any atom is -0.307 e. The quantitative estimate of drug-likeness (QED) is 0.543. The highest BCUT2D eigenvalue weighted by Crippen LogP contribution is 1.66. The van der Waals surface area contributed by atoms with Crippen LogP contribution in [0, 0.1) is 0 Å². The van der Waals surface area contributed by atoms with Crippen LogP contribution in [0.1, 0.15) is 20.8 Å². The zero-order chi connectivity index (χ0) is 6.57. The summed E-state index contributed by atoms with van der Waals surface area (Å²) in [4.78, 5) is 1.49. The van der Waals surface area contributed by atoms with Crippen molar-refractivity contribution in [1.82, 2.24) is 0 Å². The van der Waals surface area contributed by atoms with E-state index in [0.29, 0.717) is 0 Å². The number of quaternary nitrogens is 1. The van der Waals surface area contributed by atoms with Crippen molar-refractivity contribution in [1.29, 1.82) is 0 Å². The normalized spacial score (nSPS) is 10.0. The van der Waals surface area contributed by atoms with Crippen LogP contribution in [0.15, 0.2) is 12.3 Å². The van der Waals surface area contributed by atoms with Gasteiger partial charge < -0.3 is 4.90 Å². The summed E-state index contributed by atoms with van der Waals surface area (Å²) in [7, 11) is 0. The van der Waals surface area contributed by atoms with Gasteiger partial charge in [0.05, 0.1) is 18.8 Å². The summed E-state index contributed by atoms with van der Waals surface area (Å²) in [6, 6.07) is 0. The fraction of sp³-hybridized carbons (Fsp3) is 0.714. The molecule has 0 aromatic carbocycles. The molecule has 1 heteroatoms. The van der Waals surface area contributed by atoms with Crippen molar-refractivity contribution in [2.45, 2.75) is 20.8 Å². The SMILES string of the molecule is C=C(C)[NH+](CC)CC. The van der Waals surface area contributed by atoms with Crippen molar-refractivity contribution in [3.8, 4) is 0 Å². The predicted molar refractivity (Wildman–Crippen MR) is 36.9 cm³/mol. The molecule has 0 saturated carbocycles. The number of allylic oxidation sites excluding steroid dienone is 1. The van der Waals surface area contributed by atoms with Crippen LogP contribution in [0.3, 0.4) is 0 Å². The van der Waals surface area contributed by atoms with E-state index < -0.39 is 0 Å².